The third-order valence-electron chi connectivity index (χ3n) is 2.69. The number of aromatic nitrogens is 4. The molecule has 0 saturated carbocycles. The molecular weight excluding hydrogens is 275 g/mol. The predicted molar refractivity (Wildman–Crippen MR) is 65.2 cm³/mol. The molecule has 0 bridgehead atoms. The number of hydrogen-bond acceptors (Lipinski definition) is 4. The van der Waals surface area contributed by atoms with Crippen LogP contribution in [0, 0.1) is 5.82 Å². The average molecular weight is 285 g/mol. The van der Waals surface area contributed by atoms with Gasteiger partial charge >= 0.3 is 5.97 Å². The van der Waals surface area contributed by atoms with Gasteiger partial charge in [0.05, 0.1) is 5.02 Å². The Balaban J connectivity index is 2.60. The van der Waals surface area contributed by atoms with Crippen LogP contribution in [-0.2, 0) is 10.3 Å². The molecular formula is C11H10ClFN4O2. The molecule has 100 valence electrons. The van der Waals surface area contributed by atoms with E-state index < -0.39 is 17.3 Å². The number of aliphatic carboxylic acids is 1. The van der Waals surface area contributed by atoms with Gasteiger partial charge in [0.1, 0.15) is 5.82 Å². The van der Waals surface area contributed by atoms with E-state index in [2.05, 4.69) is 15.5 Å². The second kappa shape index (κ2) is 4.58. The smallest absolute Gasteiger partial charge is 0.331 e. The molecule has 2 rings (SSSR count). The molecule has 1 aromatic carbocycles. The summed E-state index contributed by atoms with van der Waals surface area (Å²) in [6, 6.07) is 3.72. The summed E-state index contributed by atoms with van der Waals surface area (Å²) < 4.78 is 14.1. The van der Waals surface area contributed by atoms with Gasteiger partial charge in [-0.3, -0.25) is 0 Å². The van der Waals surface area contributed by atoms with Gasteiger partial charge in [0, 0.05) is 5.56 Å². The van der Waals surface area contributed by atoms with Gasteiger partial charge in [-0.1, -0.05) is 11.6 Å². The van der Waals surface area contributed by atoms with Crippen LogP contribution in [-0.4, -0.2) is 31.3 Å². The Bertz CT molecular complexity index is 641. The lowest BCUT2D eigenvalue weighted by Crippen LogP contribution is -2.37. The van der Waals surface area contributed by atoms with E-state index in [9.17, 15) is 14.3 Å². The Labute approximate surface area is 112 Å². The predicted octanol–water partition coefficient (Wildman–Crippen LogP) is 1.95. The van der Waals surface area contributed by atoms with Crippen LogP contribution in [0.15, 0.2) is 18.2 Å². The molecule has 6 nitrogen and oxygen atoms in total. The first-order valence-electron chi connectivity index (χ1n) is 5.31. The zero-order valence-corrected chi connectivity index (χ0v) is 10.9. The fraction of sp³-hybridized carbons (Fsp3) is 0.273. The molecule has 0 atom stereocenters. The van der Waals surface area contributed by atoms with E-state index in [-0.39, 0.29) is 10.8 Å². The summed E-state index contributed by atoms with van der Waals surface area (Å²) in [6.45, 7) is 2.90. The highest BCUT2D eigenvalue weighted by Gasteiger charge is 2.34. The lowest BCUT2D eigenvalue weighted by Gasteiger charge is -2.20. The Kier molecular flexibility index (Phi) is 3.23. The summed E-state index contributed by atoms with van der Waals surface area (Å²) >= 11 is 5.93. The highest BCUT2D eigenvalue weighted by Crippen LogP contribution is 2.29. The molecule has 19 heavy (non-hydrogen) atoms. The Hall–Kier alpha value is -2.02. The maximum atomic E-state index is 13.0. The van der Waals surface area contributed by atoms with Crippen molar-refractivity contribution in [3.8, 4) is 11.4 Å². The molecule has 0 aliphatic heterocycles. The first-order chi connectivity index (χ1) is 8.84. The van der Waals surface area contributed by atoms with Crippen LogP contribution in [0.4, 0.5) is 4.39 Å². The van der Waals surface area contributed by atoms with E-state index in [0.29, 0.717) is 5.56 Å². The quantitative estimate of drug-likeness (QED) is 0.932. The summed E-state index contributed by atoms with van der Waals surface area (Å²) in [5.41, 5.74) is -0.987. The van der Waals surface area contributed by atoms with Gasteiger partial charge < -0.3 is 5.11 Å². The van der Waals surface area contributed by atoms with Crippen molar-refractivity contribution in [3.05, 3.63) is 29.0 Å². The summed E-state index contributed by atoms with van der Waals surface area (Å²) in [7, 11) is 0. The van der Waals surface area contributed by atoms with Crippen LogP contribution >= 0.6 is 11.6 Å². The normalized spacial score (nSPS) is 11.6. The maximum Gasteiger partial charge on any atom is 0.331 e. The highest BCUT2D eigenvalue weighted by atomic mass is 35.5. The Morgan fingerprint density at radius 2 is 2.16 bits per heavy atom. The molecule has 0 amide bonds. The number of rotatable bonds is 3. The minimum Gasteiger partial charge on any atom is -0.479 e. The van der Waals surface area contributed by atoms with Gasteiger partial charge in [-0.25, -0.2) is 13.9 Å². The summed E-state index contributed by atoms with van der Waals surface area (Å²) in [6.07, 6.45) is 0. The number of hydrogen-bond donors (Lipinski definition) is 1. The van der Waals surface area contributed by atoms with Crippen LogP contribution in [0.2, 0.25) is 5.02 Å². The summed E-state index contributed by atoms with van der Waals surface area (Å²) in [4.78, 5) is 11.2. The molecule has 1 N–H and O–H groups in total. The molecule has 0 radical (unpaired) electrons. The molecule has 8 heteroatoms. The van der Waals surface area contributed by atoms with Crippen LogP contribution in [0.3, 0.4) is 0 Å². The van der Waals surface area contributed by atoms with Gasteiger partial charge in [0.2, 0.25) is 0 Å². The lowest BCUT2D eigenvalue weighted by molar-refractivity contribution is -0.146. The van der Waals surface area contributed by atoms with E-state index in [4.69, 9.17) is 11.6 Å². The Morgan fingerprint density at radius 1 is 1.47 bits per heavy atom. The van der Waals surface area contributed by atoms with Crippen LogP contribution in [0.5, 0.6) is 0 Å². The molecule has 0 unspecified atom stereocenters. The second-order valence-electron chi connectivity index (χ2n) is 4.40. The molecule has 1 heterocycles. The zero-order valence-electron chi connectivity index (χ0n) is 10.1. The maximum absolute atomic E-state index is 13.0. The number of tetrazole rings is 1. The summed E-state index contributed by atoms with van der Waals surface area (Å²) in [5, 5.41) is 20.2. The molecule has 0 aliphatic carbocycles. The molecule has 2 aromatic rings. The van der Waals surface area contributed by atoms with Crippen molar-refractivity contribution in [3.63, 3.8) is 0 Å². The molecule has 1 aromatic heterocycles. The number of carbonyl (C=O) groups is 1. The van der Waals surface area contributed by atoms with Crippen molar-refractivity contribution in [1.29, 1.82) is 0 Å². The summed E-state index contributed by atoms with van der Waals surface area (Å²) in [5.74, 6) is -1.43. The van der Waals surface area contributed by atoms with Crippen molar-refractivity contribution >= 4 is 17.6 Å². The largest absolute Gasteiger partial charge is 0.479 e. The van der Waals surface area contributed by atoms with Crippen molar-refractivity contribution in [1.82, 2.24) is 20.2 Å². The minimum absolute atomic E-state index is 0.109. The van der Waals surface area contributed by atoms with Gasteiger partial charge in [0.15, 0.2) is 11.4 Å². The topological polar surface area (TPSA) is 80.9 Å². The van der Waals surface area contributed by atoms with E-state index >= 15 is 0 Å². The van der Waals surface area contributed by atoms with E-state index in [1.54, 1.807) is 0 Å². The van der Waals surface area contributed by atoms with Crippen molar-refractivity contribution in [2.45, 2.75) is 19.4 Å². The molecule has 0 saturated heterocycles. The van der Waals surface area contributed by atoms with Gasteiger partial charge in [0.25, 0.3) is 0 Å². The monoisotopic (exact) mass is 284 g/mol. The number of carboxylic acid groups (broad SMARTS) is 1. The third-order valence-corrected chi connectivity index (χ3v) is 3.01. The van der Waals surface area contributed by atoms with Crippen LogP contribution in [0.1, 0.15) is 13.8 Å². The Morgan fingerprint density at radius 3 is 2.74 bits per heavy atom. The van der Waals surface area contributed by atoms with Crippen LogP contribution < -0.4 is 0 Å². The van der Waals surface area contributed by atoms with E-state index in [1.165, 1.54) is 26.0 Å². The molecule has 0 fully saturated rings. The molecule has 0 spiro atoms. The van der Waals surface area contributed by atoms with Gasteiger partial charge in [-0.2, -0.15) is 0 Å². The number of carboxylic acids is 1. The number of benzene rings is 1. The van der Waals surface area contributed by atoms with E-state index in [0.717, 1.165) is 10.7 Å². The SMILES string of the molecule is CC(C)(C(=O)O)n1nnnc1-c1ccc(F)cc1Cl. The highest BCUT2D eigenvalue weighted by molar-refractivity contribution is 6.33. The van der Waals surface area contributed by atoms with Gasteiger partial charge in [-0.05, 0) is 42.5 Å². The van der Waals surface area contributed by atoms with Crippen molar-refractivity contribution in [2.24, 2.45) is 0 Å². The standard InChI is InChI=1S/C11H10ClFN4O2/c1-11(2,10(18)19)17-9(14-15-16-17)7-4-3-6(13)5-8(7)12/h3-5H,1-2H3,(H,18,19). The number of halogens is 2. The second-order valence-corrected chi connectivity index (χ2v) is 4.81. The molecule has 0 aliphatic rings. The van der Waals surface area contributed by atoms with Crippen molar-refractivity contribution in [2.75, 3.05) is 0 Å². The minimum atomic E-state index is -1.35. The lowest BCUT2D eigenvalue weighted by atomic mass is 10.1. The fourth-order valence-corrected chi connectivity index (χ4v) is 1.74. The zero-order chi connectivity index (χ0) is 14.2. The first-order valence-corrected chi connectivity index (χ1v) is 5.69. The van der Waals surface area contributed by atoms with Crippen molar-refractivity contribution < 1.29 is 14.3 Å². The number of nitrogens with zero attached hydrogens (tertiary/aromatic N) is 4. The van der Waals surface area contributed by atoms with Gasteiger partial charge in [-0.15, -0.1) is 5.10 Å². The van der Waals surface area contributed by atoms with Crippen LogP contribution in [0.25, 0.3) is 11.4 Å². The third kappa shape index (κ3) is 2.28. The average Bonchev–Trinajstić information content (AvgIpc) is 2.78. The first kappa shape index (κ1) is 13.4. The fourth-order valence-electron chi connectivity index (χ4n) is 1.49. The van der Waals surface area contributed by atoms with E-state index in [1.807, 2.05) is 0 Å².